The molecular formula is C16H22N4O2. The molecule has 2 aliphatic heterocycles. The van der Waals surface area contributed by atoms with E-state index in [4.69, 9.17) is 5.73 Å². The Morgan fingerprint density at radius 1 is 1.41 bits per heavy atom. The Bertz CT molecular complexity index is 589. The Hall–Kier alpha value is -1.92. The van der Waals surface area contributed by atoms with Gasteiger partial charge in [-0.05, 0) is 17.5 Å². The van der Waals surface area contributed by atoms with E-state index in [-0.39, 0.29) is 24.3 Å². The number of carbonyl (C=O) groups excluding carboxylic acids is 2. The molecule has 0 aliphatic carbocycles. The first-order valence-electron chi connectivity index (χ1n) is 7.76. The number of amides is 2. The highest BCUT2D eigenvalue weighted by molar-refractivity contribution is 5.90. The molecule has 1 saturated heterocycles. The SMILES string of the molecule is C[C@H](CN)C(=O)N[C@@H]1C(=O)N2CCCN2Cc2ccccc21. The Morgan fingerprint density at radius 2 is 2.18 bits per heavy atom. The lowest BCUT2D eigenvalue weighted by molar-refractivity contribution is -0.147. The molecule has 0 aromatic heterocycles. The van der Waals surface area contributed by atoms with Crippen molar-refractivity contribution in [2.24, 2.45) is 11.7 Å². The summed E-state index contributed by atoms with van der Waals surface area (Å²) in [6.45, 7) is 4.33. The number of nitrogens with one attached hydrogen (secondary N) is 1. The fourth-order valence-electron chi connectivity index (χ4n) is 3.05. The zero-order chi connectivity index (χ0) is 15.7. The quantitative estimate of drug-likeness (QED) is 0.847. The summed E-state index contributed by atoms with van der Waals surface area (Å²) in [7, 11) is 0. The normalized spacial score (nSPS) is 22.7. The maximum atomic E-state index is 12.9. The van der Waals surface area contributed by atoms with Crippen molar-refractivity contribution in [3.05, 3.63) is 35.4 Å². The molecule has 0 radical (unpaired) electrons. The van der Waals surface area contributed by atoms with Crippen LogP contribution in [0.1, 0.15) is 30.5 Å². The second kappa shape index (κ2) is 6.06. The zero-order valence-corrected chi connectivity index (χ0v) is 12.8. The number of nitrogens with zero attached hydrogens (tertiary/aromatic N) is 2. The van der Waals surface area contributed by atoms with E-state index in [1.165, 1.54) is 0 Å². The Kier molecular flexibility index (Phi) is 4.13. The first kappa shape index (κ1) is 15.0. The summed E-state index contributed by atoms with van der Waals surface area (Å²) >= 11 is 0. The van der Waals surface area contributed by atoms with Gasteiger partial charge in [0.1, 0.15) is 6.04 Å². The van der Waals surface area contributed by atoms with Crippen LogP contribution in [0, 0.1) is 5.92 Å². The predicted octanol–water partition coefficient (Wildman–Crippen LogP) is 0.402. The molecule has 3 N–H and O–H groups in total. The van der Waals surface area contributed by atoms with Crippen molar-refractivity contribution in [3.63, 3.8) is 0 Å². The van der Waals surface area contributed by atoms with Crippen LogP contribution >= 0.6 is 0 Å². The third-order valence-corrected chi connectivity index (χ3v) is 4.44. The van der Waals surface area contributed by atoms with Crippen LogP contribution in [-0.2, 0) is 16.1 Å². The molecule has 1 aromatic rings. The van der Waals surface area contributed by atoms with Gasteiger partial charge in [-0.25, -0.2) is 5.01 Å². The highest BCUT2D eigenvalue weighted by atomic mass is 16.2. The minimum atomic E-state index is -0.624. The average molecular weight is 302 g/mol. The zero-order valence-electron chi connectivity index (χ0n) is 12.8. The van der Waals surface area contributed by atoms with E-state index < -0.39 is 6.04 Å². The highest BCUT2D eigenvalue weighted by Crippen LogP contribution is 2.29. The number of nitrogens with two attached hydrogens (primary N) is 1. The molecule has 2 atom stereocenters. The van der Waals surface area contributed by atoms with Crippen LogP contribution in [0.25, 0.3) is 0 Å². The van der Waals surface area contributed by atoms with Gasteiger partial charge in [0, 0.05) is 32.1 Å². The molecule has 6 heteroatoms. The van der Waals surface area contributed by atoms with Crippen molar-refractivity contribution >= 4 is 11.8 Å². The Labute approximate surface area is 130 Å². The Balaban J connectivity index is 1.95. The number of carbonyl (C=O) groups is 2. The van der Waals surface area contributed by atoms with Gasteiger partial charge in [-0.1, -0.05) is 31.2 Å². The fraction of sp³-hybridized carbons (Fsp3) is 0.500. The van der Waals surface area contributed by atoms with E-state index in [0.29, 0.717) is 13.1 Å². The van der Waals surface area contributed by atoms with Crippen LogP contribution < -0.4 is 11.1 Å². The Morgan fingerprint density at radius 3 is 2.95 bits per heavy atom. The lowest BCUT2D eigenvalue weighted by Gasteiger charge is -2.28. The monoisotopic (exact) mass is 302 g/mol. The number of rotatable bonds is 3. The van der Waals surface area contributed by atoms with Crippen molar-refractivity contribution in [2.45, 2.75) is 25.9 Å². The number of hydrogen-bond acceptors (Lipinski definition) is 4. The second-order valence-electron chi connectivity index (χ2n) is 5.98. The molecule has 3 rings (SSSR count). The van der Waals surface area contributed by atoms with Gasteiger partial charge in [-0.3, -0.25) is 14.6 Å². The molecule has 0 spiro atoms. The van der Waals surface area contributed by atoms with Crippen LogP contribution in [-0.4, -0.2) is 41.5 Å². The van der Waals surface area contributed by atoms with Gasteiger partial charge < -0.3 is 11.1 Å². The van der Waals surface area contributed by atoms with Crippen molar-refractivity contribution in [1.82, 2.24) is 15.3 Å². The van der Waals surface area contributed by atoms with Crippen molar-refractivity contribution in [3.8, 4) is 0 Å². The van der Waals surface area contributed by atoms with Crippen LogP contribution in [0.15, 0.2) is 24.3 Å². The molecule has 2 aliphatic rings. The molecule has 1 aromatic carbocycles. The van der Waals surface area contributed by atoms with Crippen LogP contribution in [0.4, 0.5) is 0 Å². The number of hydrogen-bond donors (Lipinski definition) is 2. The fourth-order valence-corrected chi connectivity index (χ4v) is 3.05. The molecule has 2 amide bonds. The summed E-state index contributed by atoms with van der Waals surface area (Å²) < 4.78 is 0. The van der Waals surface area contributed by atoms with Gasteiger partial charge >= 0.3 is 0 Å². The van der Waals surface area contributed by atoms with E-state index >= 15 is 0 Å². The molecule has 0 bridgehead atoms. The molecule has 118 valence electrons. The number of benzene rings is 1. The molecule has 22 heavy (non-hydrogen) atoms. The largest absolute Gasteiger partial charge is 0.340 e. The van der Waals surface area contributed by atoms with E-state index in [0.717, 1.165) is 24.1 Å². The van der Waals surface area contributed by atoms with Gasteiger partial charge in [0.05, 0.1) is 0 Å². The van der Waals surface area contributed by atoms with Gasteiger partial charge in [0.2, 0.25) is 5.91 Å². The van der Waals surface area contributed by atoms with Gasteiger partial charge in [0.15, 0.2) is 0 Å². The lowest BCUT2D eigenvalue weighted by Crippen LogP contribution is -2.46. The first-order valence-corrected chi connectivity index (χ1v) is 7.76. The van der Waals surface area contributed by atoms with Crippen molar-refractivity contribution in [1.29, 1.82) is 0 Å². The van der Waals surface area contributed by atoms with E-state index in [1.54, 1.807) is 11.9 Å². The van der Waals surface area contributed by atoms with E-state index in [9.17, 15) is 9.59 Å². The average Bonchev–Trinajstić information content (AvgIpc) is 2.96. The molecule has 2 heterocycles. The van der Waals surface area contributed by atoms with Gasteiger partial charge in [-0.15, -0.1) is 0 Å². The second-order valence-corrected chi connectivity index (χ2v) is 5.98. The summed E-state index contributed by atoms with van der Waals surface area (Å²) in [5.41, 5.74) is 7.54. The number of fused-ring (bicyclic) bond motifs is 2. The summed E-state index contributed by atoms with van der Waals surface area (Å²) in [6.07, 6.45) is 0.966. The summed E-state index contributed by atoms with van der Waals surface area (Å²) in [4.78, 5) is 25.1. The standard InChI is InChI=1S/C16H22N4O2/c1-11(9-17)15(21)18-14-13-6-3-2-5-12(13)10-19-7-4-8-20(19)16(14)22/h2-3,5-6,11,14H,4,7-10,17H2,1H3,(H,18,21)/t11-,14+/m1/s1. The third-order valence-electron chi connectivity index (χ3n) is 4.44. The highest BCUT2D eigenvalue weighted by Gasteiger charge is 2.38. The molecular weight excluding hydrogens is 280 g/mol. The van der Waals surface area contributed by atoms with Gasteiger partial charge in [-0.2, -0.15) is 0 Å². The molecule has 0 saturated carbocycles. The number of hydrazine groups is 1. The first-order chi connectivity index (χ1) is 10.6. The van der Waals surface area contributed by atoms with Crippen LogP contribution in [0.2, 0.25) is 0 Å². The maximum absolute atomic E-state index is 12.9. The van der Waals surface area contributed by atoms with Crippen molar-refractivity contribution < 1.29 is 9.59 Å². The predicted molar refractivity (Wildman–Crippen MR) is 82.3 cm³/mol. The molecule has 6 nitrogen and oxygen atoms in total. The molecule has 1 fully saturated rings. The van der Waals surface area contributed by atoms with Gasteiger partial charge in [0.25, 0.3) is 5.91 Å². The topological polar surface area (TPSA) is 78.7 Å². The summed E-state index contributed by atoms with van der Waals surface area (Å²) in [6, 6.07) is 7.20. The minimum Gasteiger partial charge on any atom is -0.340 e. The van der Waals surface area contributed by atoms with Crippen molar-refractivity contribution in [2.75, 3.05) is 19.6 Å². The van der Waals surface area contributed by atoms with Crippen LogP contribution in [0.5, 0.6) is 0 Å². The van der Waals surface area contributed by atoms with E-state index in [2.05, 4.69) is 10.3 Å². The summed E-state index contributed by atoms with van der Waals surface area (Å²) in [5.74, 6) is -0.541. The smallest absolute Gasteiger partial charge is 0.264 e. The molecule has 0 unspecified atom stereocenters. The van der Waals surface area contributed by atoms with E-state index in [1.807, 2.05) is 24.3 Å². The summed E-state index contributed by atoms with van der Waals surface area (Å²) in [5, 5.41) is 6.74. The third kappa shape index (κ3) is 2.60. The minimum absolute atomic E-state index is 0.0555. The lowest BCUT2D eigenvalue weighted by atomic mass is 9.99. The maximum Gasteiger partial charge on any atom is 0.264 e. The van der Waals surface area contributed by atoms with Crippen LogP contribution in [0.3, 0.4) is 0 Å².